The molecule has 1 aliphatic heterocycles. The molecule has 3 nitrogen and oxygen atoms in total. The van der Waals surface area contributed by atoms with Crippen molar-refractivity contribution in [2.24, 2.45) is 10.8 Å². The Kier molecular flexibility index (Phi) is 4.15. The predicted molar refractivity (Wildman–Crippen MR) is 61.9 cm³/mol. The maximum atomic E-state index is 9.46. The zero-order valence-electron chi connectivity index (χ0n) is 10.5. The van der Waals surface area contributed by atoms with Crippen molar-refractivity contribution in [2.45, 2.75) is 27.2 Å². The van der Waals surface area contributed by atoms with Crippen molar-refractivity contribution in [3.63, 3.8) is 0 Å². The Labute approximate surface area is 93.4 Å². The second kappa shape index (κ2) is 4.81. The number of hydrogen-bond acceptors (Lipinski definition) is 3. The Morgan fingerprint density at radius 2 is 2.07 bits per heavy atom. The number of ether oxygens (including phenoxy) is 1. The number of rotatable bonds is 4. The topological polar surface area (TPSA) is 32.7 Å². The Bertz CT molecular complexity index is 192. The van der Waals surface area contributed by atoms with Gasteiger partial charge in [-0.2, -0.15) is 0 Å². The van der Waals surface area contributed by atoms with Gasteiger partial charge in [-0.15, -0.1) is 0 Å². The third kappa shape index (κ3) is 4.09. The van der Waals surface area contributed by atoms with Crippen molar-refractivity contribution in [3.8, 4) is 0 Å². The van der Waals surface area contributed by atoms with Crippen LogP contribution in [0.1, 0.15) is 27.2 Å². The lowest BCUT2D eigenvalue weighted by atomic mass is 9.87. The van der Waals surface area contributed by atoms with Crippen molar-refractivity contribution in [2.75, 3.05) is 40.0 Å². The summed E-state index contributed by atoms with van der Waals surface area (Å²) in [6, 6.07) is 0. The van der Waals surface area contributed by atoms with E-state index in [2.05, 4.69) is 32.7 Å². The summed E-state index contributed by atoms with van der Waals surface area (Å²) >= 11 is 0. The molecule has 1 saturated heterocycles. The van der Waals surface area contributed by atoms with Crippen LogP contribution in [-0.2, 0) is 4.74 Å². The maximum Gasteiger partial charge on any atom is 0.0557 e. The molecule has 0 aromatic rings. The molecule has 90 valence electrons. The van der Waals surface area contributed by atoms with Crippen LogP contribution in [0.15, 0.2) is 0 Å². The molecule has 1 heterocycles. The fourth-order valence-corrected chi connectivity index (χ4v) is 2.39. The van der Waals surface area contributed by atoms with Crippen LogP contribution in [0.3, 0.4) is 0 Å². The van der Waals surface area contributed by atoms with Gasteiger partial charge in [-0.25, -0.2) is 0 Å². The second-order valence-corrected chi connectivity index (χ2v) is 6.19. The molecular weight excluding hydrogens is 190 g/mol. The number of aliphatic hydroxyl groups excluding tert-OH is 1. The highest BCUT2D eigenvalue weighted by Crippen LogP contribution is 2.29. The predicted octanol–water partition coefficient (Wildman–Crippen LogP) is 1.36. The van der Waals surface area contributed by atoms with Crippen molar-refractivity contribution >= 4 is 0 Å². The summed E-state index contributed by atoms with van der Waals surface area (Å²) < 4.78 is 5.40. The van der Waals surface area contributed by atoms with E-state index in [0.717, 1.165) is 26.1 Å². The van der Waals surface area contributed by atoms with Gasteiger partial charge < -0.3 is 14.7 Å². The van der Waals surface area contributed by atoms with Gasteiger partial charge in [0.2, 0.25) is 0 Å². The highest BCUT2D eigenvalue weighted by Gasteiger charge is 2.35. The van der Waals surface area contributed by atoms with Crippen LogP contribution in [0.2, 0.25) is 0 Å². The van der Waals surface area contributed by atoms with Gasteiger partial charge in [0.25, 0.3) is 0 Å². The average Bonchev–Trinajstić information content (AvgIpc) is 2.50. The lowest BCUT2D eigenvalue weighted by molar-refractivity contribution is 0.0554. The van der Waals surface area contributed by atoms with E-state index in [-0.39, 0.29) is 12.0 Å². The molecule has 1 unspecified atom stereocenters. The molecule has 0 spiro atoms. The molecule has 0 aliphatic carbocycles. The zero-order chi connectivity index (χ0) is 11.5. The average molecular weight is 215 g/mol. The molecule has 1 rings (SSSR count). The smallest absolute Gasteiger partial charge is 0.0557 e. The van der Waals surface area contributed by atoms with Crippen LogP contribution >= 0.6 is 0 Å². The van der Waals surface area contributed by atoms with Gasteiger partial charge in [0.15, 0.2) is 0 Å². The minimum Gasteiger partial charge on any atom is -0.396 e. The molecule has 0 radical (unpaired) electrons. The summed E-state index contributed by atoms with van der Waals surface area (Å²) in [7, 11) is 2.13. The third-order valence-electron chi connectivity index (χ3n) is 2.87. The number of nitrogens with zero attached hydrogens (tertiary/aromatic N) is 1. The first kappa shape index (κ1) is 12.9. The van der Waals surface area contributed by atoms with E-state index < -0.39 is 0 Å². The summed E-state index contributed by atoms with van der Waals surface area (Å²) in [5.41, 5.74) is 0.296. The summed E-state index contributed by atoms with van der Waals surface area (Å²) in [5.74, 6) is 0. The first-order valence-electron chi connectivity index (χ1n) is 5.74. The van der Waals surface area contributed by atoms with Gasteiger partial charge in [-0.05, 0) is 18.9 Å². The maximum absolute atomic E-state index is 9.46. The Morgan fingerprint density at radius 1 is 1.40 bits per heavy atom. The monoisotopic (exact) mass is 215 g/mol. The Morgan fingerprint density at radius 3 is 2.47 bits per heavy atom. The van der Waals surface area contributed by atoms with Crippen LogP contribution in [0.25, 0.3) is 0 Å². The van der Waals surface area contributed by atoms with Crippen LogP contribution < -0.4 is 0 Å². The van der Waals surface area contributed by atoms with Crippen LogP contribution in [0, 0.1) is 10.8 Å². The lowest BCUT2D eigenvalue weighted by Crippen LogP contribution is -2.41. The highest BCUT2D eigenvalue weighted by molar-refractivity contribution is 4.86. The van der Waals surface area contributed by atoms with Crippen molar-refractivity contribution < 1.29 is 9.84 Å². The molecule has 0 aromatic heterocycles. The minimum absolute atomic E-state index is 0.0139. The SMILES string of the molecule is CN(CC(C)(C)C)CC1(CO)CCOC1. The van der Waals surface area contributed by atoms with Gasteiger partial charge in [0.05, 0.1) is 13.2 Å². The van der Waals surface area contributed by atoms with Gasteiger partial charge in [-0.3, -0.25) is 0 Å². The molecule has 0 bridgehead atoms. The summed E-state index contributed by atoms with van der Waals surface area (Å²) in [5, 5.41) is 9.46. The van der Waals surface area contributed by atoms with Gasteiger partial charge >= 0.3 is 0 Å². The second-order valence-electron chi connectivity index (χ2n) is 6.19. The quantitative estimate of drug-likeness (QED) is 0.768. The van der Waals surface area contributed by atoms with Crippen molar-refractivity contribution in [3.05, 3.63) is 0 Å². The lowest BCUT2D eigenvalue weighted by Gasteiger charge is -2.34. The summed E-state index contributed by atoms with van der Waals surface area (Å²) in [4.78, 5) is 2.31. The fourth-order valence-electron chi connectivity index (χ4n) is 2.39. The first-order valence-corrected chi connectivity index (χ1v) is 5.74. The molecule has 0 saturated carbocycles. The molecule has 1 fully saturated rings. The minimum atomic E-state index is -0.0139. The molecule has 0 aromatic carbocycles. The zero-order valence-corrected chi connectivity index (χ0v) is 10.5. The number of hydrogen-bond donors (Lipinski definition) is 1. The van der Waals surface area contributed by atoms with Crippen LogP contribution in [0.5, 0.6) is 0 Å². The molecule has 1 aliphatic rings. The van der Waals surface area contributed by atoms with Gasteiger partial charge in [-0.1, -0.05) is 20.8 Å². The van der Waals surface area contributed by atoms with Gasteiger partial charge in [0.1, 0.15) is 0 Å². The van der Waals surface area contributed by atoms with E-state index in [1.54, 1.807) is 0 Å². The Balaban J connectivity index is 2.45. The van der Waals surface area contributed by atoms with Crippen LogP contribution in [-0.4, -0.2) is 50.0 Å². The van der Waals surface area contributed by atoms with E-state index in [4.69, 9.17) is 4.74 Å². The molecule has 1 N–H and O–H groups in total. The van der Waals surface area contributed by atoms with Crippen LogP contribution in [0.4, 0.5) is 0 Å². The molecule has 3 heteroatoms. The van der Waals surface area contributed by atoms with E-state index in [9.17, 15) is 5.11 Å². The largest absolute Gasteiger partial charge is 0.396 e. The van der Waals surface area contributed by atoms with Gasteiger partial charge in [0, 0.05) is 25.1 Å². The Hall–Kier alpha value is -0.120. The molecule has 0 amide bonds. The van der Waals surface area contributed by atoms with E-state index >= 15 is 0 Å². The first-order chi connectivity index (χ1) is 6.87. The van der Waals surface area contributed by atoms with Crippen molar-refractivity contribution in [1.82, 2.24) is 4.90 Å². The highest BCUT2D eigenvalue weighted by atomic mass is 16.5. The third-order valence-corrected chi connectivity index (χ3v) is 2.87. The molecular formula is C12H25NO2. The molecule has 15 heavy (non-hydrogen) atoms. The van der Waals surface area contributed by atoms with E-state index in [1.807, 2.05) is 0 Å². The summed E-state index contributed by atoms with van der Waals surface area (Å²) in [6.45, 7) is 10.4. The van der Waals surface area contributed by atoms with E-state index in [1.165, 1.54) is 0 Å². The molecule has 1 atom stereocenters. The fraction of sp³-hybridized carbons (Fsp3) is 1.00. The summed E-state index contributed by atoms with van der Waals surface area (Å²) in [6.07, 6.45) is 0.984. The normalized spacial score (nSPS) is 27.6. The van der Waals surface area contributed by atoms with Crippen molar-refractivity contribution in [1.29, 1.82) is 0 Å². The number of aliphatic hydroxyl groups is 1. The standard InChI is InChI=1S/C12H25NO2/c1-11(2,3)7-13(4)8-12(9-14)5-6-15-10-12/h14H,5-10H2,1-4H3. The van der Waals surface area contributed by atoms with E-state index in [0.29, 0.717) is 12.0 Å².